The number of nitrogens with one attached hydrogen (secondary N) is 3. The zero-order valence-electron chi connectivity index (χ0n) is 11.3. The smallest absolute Gasteiger partial charge is 0.296 e. The summed E-state index contributed by atoms with van der Waals surface area (Å²) in [5, 5.41) is 20.3. The molecule has 2 aliphatic rings. The summed E-state index contributed by atoms with van der Waals surface area (Å²) in [6, 6.07) is 3.12. The van der Waals surface area contributed by atoms with Crippen LogP contribution in [0.4, 0.5) is 17.1 Å². The van der Waals surface area contributed by atoms with Gasteiger partial charge in [-0.15, -0.1) is 0 Å². The molecule has 0 bridgehead atoms. The number of nitro benzene ring substituents is 1. The number of carbonyl (C=O) groups excluding carboxylic acids is 1. The van der Waals surface area contributed by atoms with Crippen LogP contribution < -0.4 is 20.7 Å². The van der Waals surface area contributed by atoms with Crippen molar-refractivity contribution >= 4 is 23.0 Å². The molecule has 0 spiro atoms. The molecular formula is C13H16N4O4. The van der Waals surface area contributed by atoms with Gasteiger partial charge in [0.1, 0.15) is 5.69 Å². The van der Waals surface area contributed by atoms with Crippen LogP contribution in [0, 0.1) is 10.1 Å². The molecule has 0 radical (unpaired) electrons. The standard InChI is InChI=1S/C13H16N4O4/c18-13-7-21-12-6-11(17(19)20)9(5-10(12)16-13)15-8-1-3-14-4-2-8/h5-6,8,14-15H,1-4,7H2,(H,16,18). The number of fused-ring (bicyclic) bond motifs is 1. The highest BCUT2D eigenvalue weighted by Gasteiger charge is 2.25. The van der Waals surface area contributed by atoms with Crippen LogP contribution in [0.1, 0.15) is 12.8 Å². The van der Waals surface area contributed by atoms with E-state index in [1.807, 2.05) is 0 Å². The largest absolute Gasteiger partial charge is 0.481 e. The highest BCUT2D eigenvalue weighted by molar-refractivity contribution is 5.96. The van der Waals surface area contributed by atoms with E-state index >= 15 is 0 Å². The summed E-state index contributed by atoms with van der Waals surface area (Å²) in [5.74, 6) is 0.0707. The Morgan fingerprint density at radius 2 is 2.10 bits per heavy atom. The number of nitro groups is 1. The van der Waals surface area contributed by atoms with Gasteiger partial charge in [0.2, 0.25) is 0 Å². The number of carbonyl (C=O) groups is 1. The van der Waals surface area contributed by atoms with Crippen LogP contribution in [0.2, 0.25) is 0 Å². The van der Waals surface area contributed by atoms with E-state index in [4.69, 9.17) is 4.74 Å². The van der Waals surface area contributed by atoms with Crippen molar-refractivity contribution in [2.75, 3.05) is 30.3 Å². The number of hydrogen-bond acceptors (Lipinski definition) is 6. The molecule has 1 amide bonds. The van der Waals surface area contributed by atoms with Crippen molar-refractivity contribution in [1.29, 1.82) is 0 Å². The Bertz CT molecular complexity index is 584. The number of amides is 1. The number of anilines is 2. The van der Waals surface area contributed by atoms with Gasteiger partial charge in [-0.1, -0.05) is 0 Å². The predicted octanol–water partition coefficient (Wildman–Crippen LogP) is 1.09. The summed E-state index contributed by atoms with van der Waals surface area (Å²) in [6.45, 7) is 1.65. The lowest BCUT2D eigenvalue weighted by Crippen LogP contribution is -2.35. The molecule has 8 nitrogen and oxygen atoms in total. The molecular weight excluding hydrogens is 276 g/mol. The number of rotatable bonds is 3. The van der Waals surface area contributed by atoms with Crippen molar-refractivity contribution in [3.63, 3.8) is 0 Å². The van der Waals surface area contributed by atoms with Crippen LogP contribution in [0.25, 0.3) is 0 Å². The average molecular weight is 292 g/mol. The van der Waals surface area contributed by atoms with Gasteiger partial charge in [-0.3, -0.25) is 14.9 Å². The average Bonchev–Trinajstić information content (AvgIpc) is 2.47. The second-order valence-corrected chi connectivity index (χ2v) is 5.13. The van der Waals surface area contributed by atoms with E-state index in [1.54, 1.807) is 6.07 Å². The summed E-state index contributed by atoms with van der Waals surface area (Å²) >= 11 is 0. The zero-order valence-corrected chi connectivity index (χ0v) is 11.3. The van der Waals surface area contributed by atoms with Gasteiger partial charge in [0, 0.05) is 6.04 Å². The maximum absolute atomic E-state index is 11.3. The molecule has 2 aliphatic heterocycles. The molecule has 0 saturated carbocycles. The van der Waals surface area contributed by atoms with E-state index in [9.17, 15) is 14.9 Å². The molecule has 1 aromatic carbocycles. The van der Waals surface area contributed by atoms with Gasteiger partial charge in [-0.2, -0.15) is 0 Å². The van der Waals surface area contributed by atoms with E-state index in [0.29, 0.717) is 17.1 Å². The summed E-state index contributed by atoms with van der Waals surface area (Å²) in [5.41, 5.74) is 0.841. The van der Waals surface area contributed by atoms with Crippen LogP contribution in [-0.4, -0.2) is 36.6 Å². The Labute approximate surface area is 121 Å². The zero-order chi connectivity index (χ0) is 14.8. The van der Waals surface area contributed by atoms with Gasteiger partial charge >= 0.3 is 0 Å². The fourth-order valence-electron chi connectivity index (χ4n) is 2.57. The predicted molar refractivity (Wildman–Crippen MR) is 76.7 cm³/mol. The highest BCUT2D eigenvalue weighted by atomic mass is 16.6. The topological polar surface area (TPSA) is 106 Å². The van der Waals surface area contributed by atoms with Gasteiger partial charge < -0.3 is 20.7 Å². The molecule has 0 atom stereocenters. The minimum atomic E-state index is -0.441. The van der Waals surface area contributed by atoms with Gasteiger partial charge in [-0.05, 0) is 32.0 Å². The van der Waals surface area contributed by atoms with Gasteiger partial charge in [0.25, 0.3) is 11.6 Å². The van der Waals surface area contributed by atoms with E-state index in [0.717, 1.165) is 25.9 Å². The molecule has 2 heterocycles. The van der Waals surface area contributed by atoms with Crippen molar-refractivity contribution in [2.45, 2.75) is 18.9 Å². The second-order valence-electron chi connectivity index (χ2n) is 5.13. The fourth-order valence-corrected chi connectivity index (χ4v) is 2.57. The third kappa shape index (κ3) is 2.89. The first kappa shape index (κ1) is 13.6. The second kappa shape index (κ2) is 5.57. The van der Waals surface area contributed by atoms with E-state index in [1.165, 1.54) is 6.07 Å². The lowest BCUT2D eigenvalue weighted by atomic mass is 10.1. The number of piperidine rings is 1. The first-order chi connectivity index (χ1) is 10.1. The van der Waals surface area contributed by atoms with Crippen LogP contribution in [0.15, 0.2) is 12.1 Å². The molecule has 1 saturated heterocycles. The van der Waals surface area contributed by atoms with Crippen molar-refractivity contribution in [3.8, 4) is 5.75 Å². The Morgan fingerprint density at radius 3 is 2.81 bits per heavy atom. The molecule has 21 heavy (non-hydrogen) atoms. The number of nitrogens with zero attached hydrogens (tertiary/aromatic N) is 1. The number of benzene rings is 1. The molecule has 3 N–H and O–H groups in total. The monoisotopic (exact) mass is 292 g/mol. The summed E-state index contributed by atoms with van der Waals surface area (Å²) in [6.07, 6.45) is 1.80. The normalized spacial score (nSPS) is 18.4. The maximum atomic E-state index is 11.3. The molecule has 8 heteroatoms. The van der Waals surface area contributed by atoms with Crippen molar-refractivity contribution in [1.82, 2.24) is 5.32 Å². The lowest BCUT2D eigenvalue weighted by molar-refractivity contribution is -0.384. The van der Waals surface area contributed by atoms with E-state index in [2.05, 4.69) is 16.0 Å². The third-order valence-electron chi connectivity index (χ3n) is 3.63. The third-order valence-corrected chi connectivity index (χ3v) is 3.63. The van der Waals surface area contributed by atoms with Gasteiger partial charge in [-0.25, -0.2) is 0 Å². The quantitative estimate of drug-likeness (QED) is 0.569. The van der Waals surface area contributed by atoms with Crippen LogP contribution in [0.5, 0.6) is 5.75 Å². The molecule has 1 aromatic rings. The first-order valence-electron chi connectivity index (χ1n) is 6.86. The van der Waals surface area contributed by atoms with Crippen LogP contribution in [-0.2, 0) is 4.79 Å². The van der Waals surface area contributed by atoms with Gasteiger partial charge in [0.15, 0.2) is 12.4 Å². The number of hydrogen-bond donors (Lipinski definition) is 3. The first-order valence-corrected chi connectivity index (χ1v) is 6.86. The highest BCUT2D eigenvalue weighted by Crippen LogP contribution is 2.38. The summed E-state index contributed by atoms with van der Waals surface area (Å²) in [7, 11) is 0. The van der Waals surface area contributed by atoms with Crippen molar-refractivity contribution < 1.29 is 14.5 Å². The Balaban J connectivity index is 1.91. The minimum absolute atomic E-state index is 0.0385. The van der Waals surface area contributed by atoms with Crippen molar-refractivity contribution in [3.05, 3.63) is 22.2 Å². The summed E-state index contributed by atoms with van der Waals surface area (Å²) < 4.78 is 5.22. The van der Waals surface area contributed by atoms with Crippen molar-refractivity contribution in [2.24, 2.45) is 0 Å². The Morgan fingerprint density at radius 1 is 1.33 bits per heavy atom. The van der Waals surface area contributed by atoms with E-state index < -0.39 is 4.92 Å². The molecule has 0 unspecified atom stereocenters. The Kier molecular flexibility index (Phi) is 3.61. The molecule has 0 aromatic heterocycles. The van der Waals surface area contributed by atoms with Gasteiger partial charge in [0.05, 0.1) is 16.7 Å². The molecule has 0 aliphatic carbocycles. The molecule has 3 rings (SSSR count). The molecule has 112 valence electrons. The fraction of sp³-hybridized carbons (Fsp3) is 0.462. The SMILES string of the molecule is O=C1COc2cc([N+](=O)[O-])c(NC3CCNCC3)cc2N1. The van der Waals surface area contributed by atoms with Crippen LogP contribution in [0.3, 0.4) is 0 Å². The minimum Gasteiger partial charge on any atom is -0.481 e. The Hall–Kier alpha value is -2.35. The van der Waals surface area contributed by atoms with E-state index in [-0.39, 0.29) is 24.2 Å². The lowest BCUT2D eigenvalue weighted by Gasteiger charge is -2.25. The number of ether oxygens (including phenoxy) is 1. The summed E-state index contributed by atoms with van der Waals surface area (Å²) in [4.78, 5) is 22.1. The molecule has 1 fully saturated rings. The maximum Gasteiger partial charge on any atom is 0.296 e. The van der Waals surface area contributed by atoms with Crippen LogP contribution >= 0.6 is 0 Å².